The summed E-state index contributed by atoms with van der Waals surface area (Å²) in [5, 5.41) is 7.82. The Morgan fingerprint density at radius 1 is 1.11 bits per heavy atom. The van der Waals surface area contributed by atoms with E-state index in [1.54, 1.807) is 7.11 Å². The number of ether oxygens (including phenoxy) is 1. The van der Waals surface area contributed by atoms with E-state index in [4.69, 9.17) is 4.74 Å². The van der Waals surface area contributed by atoms with Gasteiger partial charge < -0.3 is 15.0 Å². The Labute approximate surface area is 186 Å². The zero-order chi connectivity index (χ0) is 18.0. The maximum Gasteiger partial charge on any atom is 0.254 e. The van der Waals surface area contributed by atoms with E-state index in [2.05, 4.69) is 29.2 Å². The van der Waals surface area contributed by atoms with Gasteiger partial charge in [-0.2, -0.15) is 5.10 Å². The van der Waals surface area contributed by atoms with Crippen molar-refractivity contribution in [1.82, 2.24) is 24.9 Å². The van der Waals surface area contributed by atoms with Crippen LogP contribution in [0.2, 0.25) is 0 Å². The average Bonchev–Trinajstić information content (AvgIpc) is 2.88. The number of amides is 1. The normalized spacial score (nSPS) is 19.2. The third kappa shape index (κ3) is 5.52. The number of aromatic nitrogens is 2. The van der Waals surface area contributed by atoms with Crippen molar-refractivity contribution in [3.8, 4) is 0 Å². The molecule has 1 amide bonds. The molecular formula is C18H34Cl3N5O2. The van der Waals surface area contributed by atoms with Gasteiger partial charge in [-0.1, -0.05) is 0 Å². The molecular weight excluding hydrogens is 425 g/mol. The van der Waals surface area contributed by atoms with Crippen molar-refractivity contribution < 1.29 is 9.53 Å². The second-order valence-corrected chi connectivity index (χ2v) is 7.29. The number of hydrogen-bond acceptors (Lipinski definition) is 5. The van der Waals surface area contributed by atoms with Gasteiger partial charge in [-0.15, -0.1) is 37.2 Å². The summed E-state index contributed by atoms with van der Waals surface area (Å²) in [4.78, 5) is 17.4. The van der Waals surface area contributed by atoms with Gasteiger partial charge in [-0.25, -0.2) is 0 Å². The summed E-state index contributed by atoms with van der Waals surface area (Å²) in [5.74, 6) is 0.171. The minimum Gasteiger partial charge on any atom is -0.368 e. The molecule has 2 fully saturated rings. The van der Waals surface area contributed by atoms with Crippen molar-refractivity contribution in [3.63, 3.8) is 0 Å². The predicted molar refractivity (Wildman–Crippen MR) is 118 cm³/mol. The fourth-order valence-electron chi connectivity index (χ4n) is 4.00. The van der Waals surface area contributed by atoms with Gasteiger partial charge in [-0.05, 0) is 39.8 Å². The van der Waals surface area contributed by atoms with Crippen LogP contribution in [-0.2, 0) is 23.1 Å². The molecule has 10 heteroatoms. The number of rotatable bonds is 4. The zero-order valence-electron chi connectivity index (χ0n) is 17.2. The Kier molecular flexibility index (Phi) is 11.3. The lowest BCUT2D eigenvalue weighted by Crippen LogP contribution is -2.59. The number of aryl methyl sites for hydroxylation is 2. The SMILES string of the molecule is COC1(C(=O)N2CCN(Cc3c(C)nn(C)c3C)CC2)CCNCC1.Cl.Cl.Cl. The van der Waals surface area contributed by atoms with Crippen molar-refractivity contribution in [2.24, 2.45) is 7.05 Å². The van der Waals surface area contributed by atoms with E-state index in [1.807, 2.05) is 16.6 Å². The van der Waals surface area contributed by atoms with Crippen molar-refractivity contribution in [3.05, 3.63) is 17.0 Å². The Balaban J connectivity index is 0.00000243. The summed E-state index contributed by atoms with van der Waals surface area (Å²) in [6.07, 6.45) is 1.52. The number of piperidine rings is 1. The van der Waals surface area contributed by atoms with Crippen molar-refractivity contribution >= 4 is 43.1 Å². The second kappa shape index (κ2) is 11.6. The molecule has 0 aromatic carbocycles. The van der Waals surface area contributed by atoms with E-state index in [9.17, 15) is 4.79 Å². The molecule has 1 aromatic heterocycles. The summed E-state index contributed by atoms with van der Waals surface area (Å²) in [7, 11) is 3.67. The van der Waals surface area contributed by atoms with Crippen LogP contribution in [0.25, 0.3) is 0 Å². The molecule has 0 atom stereocenters. The van der Waals surface area contributed by atoms with Crippen LogP contribution in [0.4, 0.5) is 0 Å². The largest absolute Gasteiger partial charge is 0.368 e. The van der Waals surface area contributed by atoms with Gasteiger partial charge >= 0.3 is 0 Å². The lowest BCUT2D eigenvalue weighted by atomic mass is 9.90. The van der Waals surface area contributed by atoms with E-state index in [-0.39, 0.29) is 43.1 Å². The monoisotopic (exact) mass is 457 g/mol. The number of hydrogen-bond donors (Lipinski definition) is 1. The first-order valence-electron chi connectivity index (χ1n) is 9.23. The zero-order valence-corrected chi connectivity index (χ0v) is 19.6. The maximum absolute atomic E-state index is 13.0. The number of carbonyl (C=O) groups is 1. The van der Waals surface area contributed by atoms with Gasteiger partial charge in [0.2, 0.25) is 0 Å². The van der Waals surface area contributed by atoms with Crippen LogP contribution < -0.4 is 5.32 Å². The molecule has 2 aliphatic rings. The first kappa shape index (κ1) is 27.4. The van der Waals surface area contributed by atoms with Gasteiger partial charge in [-0.3, -0.25) is 14.4 Å². The van der Waals surface area contributed by atoms with Gasteiger partial charge in [0.1, 0.15) is 5.60 Å². The molecule has 7 nitrogen and oxygen atoms in total. The van der Waals surface area contributed by atoms with Gasteiger partial charge in [0.15, 0.2) is 0 Å². The van der Waals surface area contributed by atoms with Crippen LogP contribution in [0.5, 0.6) is 0 Å². The lowest BCUT2D eigenvalue weighted by molar-refractivity contribution is -0.160. The number of halogens is 3. The van der Waals surface area contributed by atoms with Crippen LogP contribution in [-0.4, -0.2) is 77.5 Å². The number of methoxy groups -OCH3 is 1. The highest BCUT2D eigenvalue weighted by Gasteiger charge is 2.43. The molecule has 0 spiro atoms. The van der Waals surface area contributed by atoms with Crippen molar-refractivity contribution in [2.75, 3.05) is 46.4 Å². The van der Waals surface area contributed by atoms with Gasteiger partial charge in [0.25, 0.3) is 5.91 Å². The number of nitrogens with one attached hydrogen (secondary N) is 1. The summed E-state index contributed by atoms with van der Waals surface area (Å²) >= 11 is 0. The third-order valence-corrected chi connectivity index (χ3v) is 5.89. The molecule has 2 aliphatic heterocycles. The lowest BCUT2D eigenvalue weighted by Gasteiger charge is -2.42. The summed E-state index contributed by atoms with van der Waals surface area (Å²) < 4.78 is 7.64. The first-order chi connectivity index (χ1) is 12.0. The topological polar surface area (TPSA) is 62.6 Å². The molecule has 0 radical (unpaired) electrons. The van der Waals surface area contributed by atoms with Crippen molar-refractivity contribution in [2.45, 2.75) is 38.8 Å². The Bertz CT molecular complexity index is 627. The number of carbonyl (C=O) groups excluding carboxylic acids is 1. The minimum atomic E-state index is -0.621. The maximum atomic E-state index is 13.0. The fourth-order valence-corrected chi connectivity index (χ4v) is 4.00. The predicted octanol–water partition coefficient (Wildman–Crippen LogP) is 1.72. The molecule has 3 rings (SSSR count). The molecule has 0 saturated carbocycles. The molecule has 28 heavy (non-hydrogen) atoms. The first-order valence-corrected chi connectivity index (χ1v) is 9.23. The van der Waals surface area contributed by atoms with E-state index in [0.717, 1.165) is 64.3 Å². The molecule has 2 saturated heterocycles. The Morgan fingerprint density at radius 2 is 1.68 bits per heavy atom. The molecule has 1 N–H and O–H groups in total. The fraction of sp³-hybridized carbons (Fsp3) is 0.778. The van der Waals surface area contributed by atoms with Crippen molar-refractivity contribution in [1.29, 1.82) is 0 Å². The smallest absolute Gasteiger partial charge is 0.254 e. The van der Waals surface area contributed by atoms with Gasteiger partial charge in [0, 0.05) is 58.1 Å². The molecule has 1 aromatic rings. The van der Waals surface area contributed by atoms with E-state index in [0.29, 0.717) is 0 Å². The van der Waals surface area contributed by atoms with E-state index < -0.39 is 5.60 Å². The number of nitrogens with zero attached hydrogens (tertiary/aromatic N) is 4. The number of piperazine rings is 1. The summed E-state index contributed by atoms with van der Waals surface area (Å²) in [6, 6.07) is 0. The summed E-state index contributed by atoms with van der Waals surface area (Å²) in [6.45, 7) is 10.1. The molecule has 0 aliphatic carbocycles. The van der Waals surface area contributed by atoms with Crippen LogP contribution in [0.1, 0.15) is 29.8 Å². The highest BCUT2D eigenvalue weighted by atomic mass is 35.5. The molecule has 0 unspecified atom stereocenters. The second-order valence-electron chi connectivity index (χ2n) is 7.29. The standard InChI is InChI=1S/C18H31N5O2.3ClH/c1-14-16(15(2)21(3)20-14)13-22-9-11-23(12-10-22)17(24)18(25-4)5-7-19-8-6-18;;;/h19H,5-13H2,1-4H3;3*1H. The average molecular weight is 459 g/mol. The Hall–Kier alpha value is -0.570. The van der Waals surface area contributed by atoms with E-state index >= 15 is 0 Å². The molecule has 3 heterocycles. The van der Waals surface area contributed by atoms with Gasteiger partial charge in [0.05, 0.1) is 5.69 Å². The molecule has 0 bridgehead atoms. The summed E-state index contributed by atoms with van der Waals surface area (Å²) in [5.41, 5.74) is 3.02. The third-order valence-electron chi connectivity index (χ3n) is 5.89. The minimum absolute atomic E-state index is 0. The van der Waals surface area contributed by atoms with E-state index in [1.165, 1.54) is 11.3 Å². The quantitative estimate of drug-likeness (QED) is 0.744. The Morgan fingerprint density at radius 3 is 2.14 bits per heavy atom. The van der Waals surface area contributed by atoms with Crippen LogP contribution in [0.15, 0.2) is 0 Å². The molecule has 164 valence electrons. The highest BCUT2D eigenvalue weighted by molar-refractivity contribution is 5.86. The van der Waals surface area contributed by atoms with Crippen LogP contribution >= 0.6 is 37.2 Å². The van der Waals surface area contributed by atoms with Crippen LogP contribution in [0, 0.1) is 13.8 Å². The highest BCUT2D eigenvalue weighted by Crippen LogP contribution is 2.26. The van der Waals surface area contributed by atoms with Crippen LogP contribution in [0.3, 0.4) is 0 Å².